The van der Waals surface area contributed by atoms with E-state index in [0.717, 1.165) is 0 Å². The first-order valence-electron chi connectivity index (χ1n) is 6.28. The maximum Gasteiger partial charge on any atom is 0.163 e. The Bertz CT molecular complexity index is 528. The molecule has 0 saturated carbocycles. The Morgan fingerprint density at radius 3 is 2.24 bits per heavy atom. The molecule has 0 amide bonds. The Labute approximate surface area is 134 Å². The zero-order chi connectivity index (χ0) is 15.7. The van der Waals surface area contributed by atoms with Crippen molar-refractivity contribution in [2.75, 3.05) is 39.1 Å². The van der Waals surface area contributed by atoms with Crippen molar-refractivity contribution in [3.05, 3.63) is 17.7 Å². The van der Waals surface area contributed by atoms with E-state index in [9.17, 15) is 5.26 Å². The summed E-state index contributed by atoms with van der Waals surface area (Å²) in [5, 5.41) is 9.22. The van der Waals surface area contributed by atoms with E-state index in [4.69, 9.17) is 32.7 Å². The van der Waals surface area contributed by atoms with Crippen molar-refractivity contribution in [1.82, 2.24) is 4.90 Å². The fraction of sp³-hybridized carbons (Fsp3) is 0.429. The van der Waals surface area contributed by atoms with Gasteiger partial charge in [0.25, 0.3) is 0 Å². The fourth-order valence-electron chi connectivity index (χ4n) is 1.45. The third-order valence-corrected chi connectivity index (χ3v) is 2.59. The zero-order valence-electron chi connectivity index (χ0n) is 12.0. The molecule has 0 aliphatic carbocycles. The molecule has 0 aliphatic rings. The highest BCUT2D eigenvalue weighted by molar-refractivity contribution is 6.18. The molecule has 0 radical (unpaired) electrons. The minimum Gasteiger partial charge on any atom is -0.488 e. The molecule has 0 bridgehead atoms. The number of alkyl halides is 2. The van der Waals surface area contributed by atoms with Gasteiger partial charge in [-0.25, -0.2) is 4.99 Å². The summed E-state index contributed by atoms with van der Waals surface area (Å²) in [6, 6.07) is 5.35. The Hall–Kier alpha value is -1.64. The van der Waals surface area contributed by atoms with E-state index < -0.39 is 0 Å². The highest BCUT2D eigenvalue weighted by Gasteiger charge is 2.12. The van der Waals surface area contributed by atoms with Gasteiger partial charge >= 0.3 is 0 Å². The van der Waals surface area contributed by atoms with Gasteiger partial charge in [-0.15, -0.1) is 23.2 Å². The minimum atomic E-state index is 0.323. The van der Waals surface area contributed by atoms with Gasteiger partial charge < -0.3 is 14.4 Å². The second-order valence-corrected chi connectivity index (χ2v) is 4.97. The minimum absolute atomic E-state index is 0.323. The Balaban J connectivity index is 3.16. The van der Waals surface area contributed by atoms with Crippen LogP contribution in [0.5, 0.6) is 11.5 Å². The van der Waals surface area contributed by atoms with E-state index in [1.54, 1.807) is 23.4 Å². The van der Waals surface area contributed by atoms with Crippen molar-refractivity contribution in [3.8, 4) is 17.6 Å². The van der Waals surface area contributed by atoms with Crippen LogP contribution in [-0.2, 0) is 0 Å². The SMILES string of the molecule is CN(C)C=Nc1cc(OCCCl)c(OCCCl)cc1C#N. The molecule has 0 saturated heterocycles. The normalized spacial score (nSPS) is 10.4. The number of hydrogen-bond acceptors (Lipinski definition) is 4. The number of nitrogens with zero attached hydrogens (tertiary/aromatic N) is 3. The van der Waals surface area contributed by atoms with Crippen LogP contribution in [0.15, 0.2) is 17.1 Å². The number of hydrogen-bond donors (Lipinski definition) is 0. The van der Waals surface area contributed by atoms with Crippen LogP contribution in [0, 0.1) is 11.3 Å². The summed E-state index contributed by atoms with van der Waals surface area (Å²) in [5.74, 6) is 1.65. The van der Waals surface area contributed by atoms with E-state index in [-0.39, 0.29) is 0 Å². The third-order valence-electron chi connectivity index (χ3n) is 2.28. The zero-order valence-corrected chi connectivity index (χ0v) is 13.5. The third kappa shape index (κ3) is 5.70. The summed E-state index contributed by atoms with van der Waals surface area (Å²) < 4.78 is 11.0. The van der Waals surface area contributed by atoms with E-state index in [0.29, 0.717) is 47.7 Å². The second-order valence-electron chi connectivity index (χ2n) is 4.21. The Kier molecular flexibility index (Phi) is 7.73. The van der Waals surface area contributed by atoms with Crippen molar-refractivity contribution < 1.29 is 9.47 Å². The monoisotopic (exact) mass is 329 g/mol. The van der Waals surface area contributed by atoms with E-state index in [2.05, 4.69) is 11.1 Å². The molecule has 21 heavy (non-hydrogen) atoms. The lowest BCUT2D eigenvalue weighted by atomic mass is 10.1. The molecule has 0 N–H and O–H groups in total. The number of rotatable bonds is 8. The first kappa shape index (κ1) is 17.4. The van der Waals surface area contributed by atoms with Gasteiger partial charge in [0.2, 0.25) is 0 Å². The molecule has 7 heteroatoms. The van der Waals surface area contributed by atoms with Crippen molar-refractivity contribution in [2.24, 2.45) is 4.99 Å². The van der Waals surface area contributed by atoms with Gasteiger partial charge in [0, 0.05) is 26.2 Å². The maximum absolute atomic E-state index is 9.22. The molecule has 0 aromatic heterocycles. The predicted octanol–water partition coefficient (Wildman–Crippen LogP) is 3.01. The number of ether oxygens (including phenoxy) is 2. The average molecular weight is 330 g/mol. The van der Waals surface area contributed by atoms with Crippen LogP contribution in [0.25, 0.3) is 0 Å². The van der Waals surface area contributed by atoms with Gasteiger partial charge in [-0.05, 0) is 0 Å². The summed E-state index contributed by atoms with van der Waals surface area (Å²) in [5.41, 5.74) is 0.907. The predicted molar refractivity (Wildman–Crippen MR) is 85.4 cm³/mol. The molecule has 1 aromatic carbocycles. The van der Waals surface area contributed by atoms with Gasteiger partial charge in [-0.2, -0.15) is 5.26 Å². The Morgan fingerprint density at radius 1 is 1.19 bits per heavy atom. The summed E-state index contributed by atoms with van der Waals surface area (Å²) in [6.07, 6.45) is 1.61. The highest BCUT2D eigenvalue weighted by Crippen LogP contribution is 2.35. The number of benzene rings is 1. The lowest BCUT2D eigenvalue weighted by Crippen LogP contribution is -2.07. The molecular formula is C14H17Cl2N3O2. The summed E-state index contributed by atoms with van der Waals surface area (Å²) >= 11 is 11.3. The van der Waals surface area contributed by atoms with Crippen LogP contribution in [-0.4, -0.2) is 50.3 Å². The molecule has 5 nitrogen and oxygen atoms in total. The van der Waals surface area contributed by atoms with E-state index >= 15 is 0 Å². The lowest BCUT2D eigenvalue weighted by Gasteiger charge is -2.13. The standard InChI is InChI=1S/C14H17Cl2N3O2/c1-19(2)10-18-12-8-14(21-6-4-16)13(20-5-3-15)7-11(12)9-17/h7-8,10H,3-6H2,1-2H3. The summed E-state index contributed by atoms with van der Waals surface area (Å²) in [7, 11) is 3.69. The molecule has 0 heterocycles. The molecule has 0 spiro atoms. The van der Waals surface area contributed by atoms with Crippen molar-refractivity contribution in [3.63, 3.8) is 0 Å². The summed E-state index contributed by atoms with van der Waals surface area (Å²) in [4.78, 5) is 6.03. The average Bonchev–Trinajstić information content (AvgIpc) is 2.48. The van der Waals surface area contributed by atoms with Crippen molar-refractivity contribution >= 4 is 35.2 Å². The summed E-state index contributed by atoms with van der Waals surface area (Å²) in [6.45, 7) is 0.658. The first-order valence-corrected chi connectivity index (χ1v) is 7.35. The molecule has 1 rings (SSSR count). The second kappa shape index (κ2) is 9.32. The molecule has 0 fully saturated rings. The molecule has 0 unspecified atom stereocenters. The van der Waals surface area contributed by atoms with Crippen molar-refractivity contribution in [1.29, 1.82) is 5.26 Å². The smallest absolute Gasteiger partial charge is 0.163 e. The van der Waals surface area contributed by atoms with Crippen LogP contribution in [0.2, 0.25) is 0 Å². The highest BCUT2D eigenvalue weighted by atomic mass is 35.5. The molecular weight excluding hydrogens is 313 g/mol. The van der Waals surface area contributed by atoms with Crippen LogP contribution >= 0.6 is 23.2 Å². The number of aliphatic imine (C=N–C) groups is 1. The maximum atomic E-state index is 9.22. The van der Waals surface area contributed by atoms with Gasteiger partial charge in [-0.3, -0.25) is 0 Å². The molecule has 1 aromatic rings. The lowest BCUT2D eigenvalue weighted by molar-refractivity contribution is 0.290. The van der Waals surface area contributed by atoms with Crippen LogP contribution in [0.4, 0.5) is 5.69 Å². The fourth-order valence-corrected chi connectivity index (χ4v) is 1.60. The largest absolute Gasteiger partial charge is 0.488 e. The van der Waals surface area contributed by atoms with Crippen LogP contribution < -0.4 is 9.47 Å². The van der Waals surface area contributed by atoms with Gasteiger partial charge in [0.05, 0.1) is 29.3 Å². The van der Waals surface area contributed by atoms with Crippen molar-refractivity contribution in [2.45, 2.75) is 0 Å². The van der Waals surface area contributed by atoms with E-state index in [1.165, 1.54) is 0 Å². The van der Waals surface area contributed by atoms with Gasteiger partial charge in [0.15, 0.2) is 11.5 Å². The topological polar surface area (TPSA) is 57.9 Å². The van der Waals surface area contributed by atoms with E-state index in [1.807, 2.05) is 14.1 Å². The van der Waals surface area contributed by atoms with Crippen LogP contribution in [0.1, 0.15) is 5.56 Å². The van der Waals surface area contributed by atoms with Crippen LogP contribution in [0.3, 0.4) is 0 Å². The number of halogens is 2. The van der Waals surface area contributed by atoms with Gasteiger partial charge in [-0.1, -0.05) is 0 Å². The van der Waals surface area contributed by atoms with Gasteiger partial charge in [0.1, 0.15) is 19.3 Å². The quantitative estimate of drug-likeness (QED) is 0.418. The Morgan fingerprint density at radius 2 is 1.76 bits per heavy atom. The molecule has 0 aliphatic heterocycles. The first-order chi connectivity index (χ1) is 10.1. The molecule has 114 valence electrons. The number of nitriles is 1. The molecule has 0 atom stereocenters.